The van der Waals surface area contributed by atoms with Gasteiger partial charge in [-0.2, -0.15) is 0 Å². The van der Waals surface area contributed by atoms with Gasteiger partial charge < -0.3 is 9.64 Å². The molecule has 164 valence electrons. The van der Waals surface area contributed by atoms with Crippen LogP contribution in [0.1, 0.15) is 36.3 Å². The highest BCUT2D eigenvalue weighted by atomic mass is 19.2. The van der Waals surface area contributed by atoms with Gasteiger partial charge in [0.15, 0.2) is 11.6 Å². The summed E-state index contributed by atoms with van der Waals surface area (Å²) in [7, 11) is 1.67. The van der Waals surface area contributed by atoms with E-state index in [1.165, 1.54) is 17.7 Å². The number of nitrogens with zero attached hydrogens (tertiary/aromatic N) is 2. The highest BCUT2D eigenvalue weighted by Crippen LogP contribution is 2.45. The van der Waals surface area contributed by atoms with Gasteiger partial charge in [-0.15, -0.1) is 0 Å². The summed E-state index contributed by atoms with van der Waals surface area (Å²) in [5.74, 6) is 0.300. The number of hydrogen-bond donors (Lipinski definition) is 0. The number of piperidine rings is 1. The van der Waals surface area contributed by atoms with Crippen LogP contribution in [-0.4, -0.2) is 48.5 Å². The van der Waals surface area contributed by atoms with Crippen molar-refractivity contribution in [1.82, 2.24) is 9.80 Å². The zero-order valence-corrected chi connectivity index (χ0v) is 17.8. The van der Waals surface area contributed by atoms with Gasteiger partial charge in [-0.05, 0) is 54.7 Å². The Balaban J connectivity index is 1.38. The van der Waals surface area contributed by atoms with Gasteiger partial charge in [0.2, 0.25) is 5.91 Å². The van der Waals surface area contributed by atoms with Crippen molar-refractivity contribution in [2.75, 3.05) is 26.7 Å². The van der Waals surface area contributed by atoms with Crippen LogP contribution in [0.4, 0.5) is 8.78 Å². The van der Waals surface area contributed by atoms with Crippen LogP contribution in [0.15, 0.2) is 42.5 Å². The molecule has 6 heteroatoms. The van der Waals surface area contributed by atoms with Gasteiger partial charge in [-0.25, -0.2) is 8.78 Å². The Bertz CT molecular complexity index is 978. The molecule has 4 nitrogen and oxygen atoms in total. The maximum absolute atomic E-state index is 13.7. The molecule has 0 bridgehead atoms. The molecule has 3 fully saturated rings. The highest BCUT2D eigenvalue weighted by Gasteiger charge is 2.49. The van der Waals surface area contributed by atoms with Crippen molar-refractivity contribution in [3.63, 3.8) is 0 Å². The third-order valence-corrected chi connectivity index (χ3v) is 7.14. The number of hydrogen-bond acceptors (Lipinski definition) is 3. The molecule has 31 heavy (non-hydrogen) atoms. The van der Waals surface area contributed by atoms with Crippen molar-refractivity contribution in [1.29, 1.82) is 0 Å². The predicted molar refractivity (Wildman–Crippen MR) is 114 cm³/mol. The smallest absolute Gasteiger partial charge is 0.225 e. The Kier molecular flexibility index (Phi) is 5.42. The van der Waals surface area contributed by atoms with Crippen molar-refractivity contribution in [2.24, 2.45) is 11.8 Å². The number of ether oxygens (including phenoxy) is 1. The highest BCUT2D eigenvalue weighted by molar-refractivity contribution is 5.82. The zero-order chi connectivity index (χ0) is 21.5. The first-order valence-electron chi connectivity index (χ1n) is 11.1. The number of likely N-dealkylation sites (tertiary alicyclic amines) is 2. The number of carbonyl (C=O) groups excluding carboxylic acids is 1. The lowest BCUT2D eigenvalue weighted by molar-refractivity contribution is -0.134. The van der Waals surface area contributed by atoms with E-state index in [4.69, 9.17) is 4.74 Å². The Morgan fingerprint density at radius 2 is 1.90 bits per heavy atom. The summed E-state index contributed by atoms with van der Waals surface area (Å²) >= 11 is 0. The van der Waals surface area contributed by atoms with Crippen molar-refractivity contribution in [3.05, 3.63) is 65.2 Å². The molecule has 0 N–H and O–H groups in total. The largest absolute Gasteiger partial charge is 0.497 e. The zero-order valence-electron chi connectivity index (χ0n) is 17.8. The average molecular weight is 427 g/mol. The molecule has 1 amide bonds. The molecule has 2 aliphatic heterocycles. The fraction of sp³-hybridized carbons (Fsp3) is 0.480. The summed E-state index contributed by atoms with van der Waals surface area (Å²) < 4.78 is 32.4. The molecule has 1 aliphatic carbocycles. The van der Waals surface area contributed by atoms with Crippen LogP contribution in [0.3, 0.4) is 0 Å². The Labute approximate surface area is 181 Å². The molecule has 3 aliphatic rings. The Morgan fingerprint density at radius 1 is 1.06 bits per heavy atom. The van der Waals surface area contributed by atoms with Gasteiger partial charge in [0.25, 0.3) is 0 Å². The van der Waals surface area contributed by atoms with Crippen LogP contribution >= 0.6 is 0 Å². The van der Waals surface area contributed by atoms with E-state index in [0.717, 1.165) is 50.2 Å². The molecule has 3 atom stereocenters. The van der Waals surface area contributed by atoms with E-state index in [1.807, 2.05) is 12.1 Å². The Hall–Kier alpha value is -2.47. The van der Waals surface area contributed by atoms with E-state index in [0.29, 0.717) is 18.4 Å². The molecule has 0 spiro atoms. The van der Waals surface area contributed by atoms with Gasteiger partial charge in [-0.1, -0.05) is 18.2 Å². The number of carbonyl (C=O) groups is 1. The maximum Gasteiger partial charge on any atom is 0.225 e. The number of methoxy groups -OCH3 is 1. The molecule has 0 radical (unpaired) electrons. The minimum Gasteiger partial charge on any atom is -0.497 e. The first-order chi connectivity index (χ1) is 15.0. The molecule has 0 unspecified atom stereocenters. The maximum atomic E-state index is 13.7. The quantitative estimate of drug-likeness (QED) is 0.719. The van der Waals surface area contributed by atoms with E-state index in [1.54, 1.807) is 13.2 Å². The predicted octanol–water partition coefficient (Wildman–Crippen LogP) is 4.20. The van der Waals surface area contributed by atoms with Crippen LogP contribution in [-0.2, 0) is 11.3 Å². The van der Waals surface area contributed by atoms with Crippen molar-refractivity contribution in [3.8, 4) is 5.75 Å². The third-order valence-electron chi connectivity index (χ3n) is 7.14. The molecule has 2 heterocycles. The Morgan fingerprint density at radius 3 is 2.65 bits per heavy atom. The van der Waals surface area contributed by atoms with Crippen molar-refractivity contribution < 1.29 is 18.3 Å². The summed E-state index contributed by atoms with van der Waals surface area (Å²) in [6, 6.07) is 12.5. The second-order valence-electron chi connectivity index (χ2n) is 9.15. The molecule has 2 aromatic rings. The lowest BCUT2D eigenvalue weighted by atomic mass is 9.81. The summed E-state index contributed by atoms with van der Waals surface area (Å²) in [4.78, 5) is 17.5. The first-order valence-corrected chi connectivity index (χ1v) is 11.1. The van der Waals surface area contributed by atoms with E-state index in [9.17, 15) is 13.6 Å². The average Bonchev–Trinajstić information content (AvgIpc) is 3.57. The van der Waals surface area contributed by atoms with Gasteiger partial charge >= 0.3 is 0 Å². The fourth-order valence-corrected chi connectivity index (χ4v) is 5.39. The molecule has 0 aromatic heterocycles. The van der Waals surface area contributed by atoms with Crippen LogP contribution in [0, 0.1) is 23.5 Å². The minimum absolute atomic E-state index is 0.213. The van der Waals surface area contributed by atoms with Gasteiger partial charge in [0.05, 0.1) is 7.11 Å². The topological polar surface area (TPSA) is 32.8 Å². The van der Waals surface area contributed by atoms with Gasteiger partial charge in [0.1, 0.15) is 5.75 Å². The fourth-order valence-electron chi connectivity index (χ4n) is 5.39. The first kappa shape index (κ1) is 20.4. The van der Waals surface area contributed by atoms with Crippen LogP contribution in [0.25, 0.3) is 0 Å². The number of benzene rings is 2. The lowest BCUT2D eigenvalue weighted by Gasteiger charge is -2.39. The molecular weight excluding hydrogens is 398 g/mol. The van der Waals surface area contributed by atoms with Crippen molar-refractivity contribution >= 4 is 5.91 Å². The molecule has 2 aromatic carbocycles. The van der Waals surface area contributed by atoms with E-state index in [2.05, 4.69) is 21.9 Å². The molecule has 5 rings (SSSR count). The number of fused-ring (bicyclic) bond motifs is 1. The van der Waals surface area contributed by atoms with Crippen molar-refractivity contribution in [2.45, 2.75) is 37.8 Å². The number of halogens is 2. The normalized spacial score (nSPS) is 26.0. The SMILES string of the molecule is COc1cccc([C@H]2CN(C(=O)C3CC3)[C@@H]3CCN(Cc4ccc(F)c(F)c4)C[C@H]23)c1. The summed E-state index contributed by atoms with van der Waals surface area (Å²) in [5, 5.41) is 0. The lowest BCUT2D eigenvalue weighted by Crippen LogP contribution is -2.48. The third kappa shape index (κ3) is 4.05. The molecular formula is C25H28F2N2O2. The van der Waals surface area contributed by atoms with Gasteiger partial charge in [0, 0.05) is 50.0 Å². The molecule has 1 saturated carbocycles. The van der Waals surface area contributed by atoms with Crippen LogP contribution in [0.2, 0.25) is 0 Å². The van der Waals surface area contributed by atoms with E-state index < -0.39 is 11.6 Å². The second kappa shape index (κ2) is 8.23. The number of rotatable bonds is 5. The summed E-state index contributed by atoms with van der Waals surface area (Å²) in [5.41, 5.74) is 1.98. The van der Waals surface area contributed by atoms with Crippen LogP contribution < -0.4 is 4.74 Å². The van der Waals surface area contributed by atoms with Gasteiger partial charge in [-0.3, -0.25) is 9.69 Å². The van der Waals surface area contributed by atoms with E-state index in [-0.39, 0.29) is 17.9 Å². The summed E-state index contributed by atoms with van der Waals surface area (Å²) in [6.45, 7) is 3.01. The molecule has 2 saturated heterocycles. The van der Waals surface area contributed by atoms with Crippen LogP contribution in [0.5, 0.6) is 5.75 Å². The second-order valence-corrected chi connectivity index (χ2v) is 9.15. The standard InChI is InChI=1S/C25H28F2N2O2/c1-31-19-4-2-3-18(12-19)20-15-29(25(30)17-6-7-17)24-9-10-28(14-21(20)24)13-16-5-8-22(26)23(27)11-16/h2-5,8,11-12,17,20-21,24H,6-7,9-10,13-15H2,1H3/t20-,21-,24-/m1/s1. The minimum atomic E-state index is -0.814. The van der Waals surface area contributed by atoms with E-state index >= 15 is 0 Å². The number of amides is 1. The monoisotopic (exact) mass is 426 g/mol. The summed E-state index contributed by atoms with van der Waals surface area (Å²) in [6.07, 6.45) is 2.94.